The fraction of sp³-hybridized carbons (Fsp3) is 0.364. The Labute approximate surface area is 92.5 Å². The van der Waals surface area contributed by atoms with Crippen LogP contribution >= 0.6 is 11.8 Å². The van der Waals surface area contributed by atoms with Crippen molar-refractivity contribution in [1.82, 2.24) is 4.90 Å². The molecule has 15 heavy (non-hydrogen) atoms. The highest BCUT2D eigenvalue weighted by molar-refractivity contribution is 8.14. The Bertz CT molecular complexity index is 406. The highest BCUT2D eigenvalue weighted by Crippen LogP contribution is 2.41. The van der Waals surface area contributed by atoms with Gasteiger partial charge in [-0.3, -0.25) is 4.79 Å². The van der Waals surface area contributed by atoms with Crippen LogP contribution in [-0.4, -0.2) is 30.7 Å². The number of thioether (sulfide) groups is 1. The molecule has 0 bridgehead atoms. The van der Waals surface area contributed by atoms with Crippen LogP contribution in [-0.2, 0) is 0 Å². The number of fused-ring (bicyclic) bond motifs is 1. The third-order valence-electron chi connectivity index (χ3n) is 2.36. The Morgan fingerprint density at radius 2 is 2.20 bits per heavy atom. The minimum atomic E-state index is -0.340. The van der Waals surface area contributed by atoms with Crippen LogP contribution in [0.5, 0.6) is 0 Å². The third-order valence-corrected chi connectivity index (χ3v) is 3.48. The van der Waals surface area contributed by atoms with Gasteiger partial charge in [-0.25, -0.2) is 4.39 Å². The topological polar surface area (TPSA) is 20.3 Å². The zero-order valence-electron chi connectivity index (χ0n) is 8.66. The van der Waals surface area contributed by atoms with Crippen molar-refractivity contribution >= 4 is 16.9 Å². The maximum Gasteiger partial charge on any atom is 0.220 e. The molecule has 4 heteroatoms. The molecule has 1 aromatic rings. The lowest BCUT2D eigenvalue weighted by molar-refractivity contribution is 0.109. The number of benzene rings is 1. The number of likely N-dealkylation sites (N-methyl/N-ethyl adjacent to an activating group) is 1. The van der Waals surface area contributed by atoms with Crippen LogP contribution in [0.3, 0.4) is 0 Å². The molecule has 1 heterocycles. The second-order valence-electron chi connectivity index (χ2n) is 3.89. The second-order valence-corrected chi connectivity index (χ2v) is 5.06. The smallest absolute Gasteiger partial charge is 0.220 e. The molecular formula is C11H12FNOS. The fourth-order valence-corrected chi connectivity index (χ4v) is 2.98. The van der Waals surface area contributed by atoms with E-state index in [4.69, 9.17) is 0 Å². The van der Waals surface area contributed by atoms with Gasteiger partial charge < -0.3 is 4.90 Å². The van der Waals surface area contributed by atoms with Gasteiger partial charge in [-0.1, -0.05) is 17.8 Å². The van der Waals surface area contributed by atoms with E-state index in [-0.39, 0.29) is 16.2 Å². The first kappa shape index (κ1) is 10.6. The molecular weight excluding hydrogens is 213 g/mol. The first-order chi connectivity index (χ1) is 7.08. The summed E-state index contributed by atoms with van der Waals surface area (Å²) in [6.07, 6.45) is 0. The molecule has 1 aliphatic heterocycles. The summed E-state index contributed by atoms with van der Waals surface area (Å²) < 4.78 is 13.0. The number of nitrogens with zero attached hydrogens (tertiary/aromatic N) is 1. The summed E-state index contributed by atoms with van der Waals surface area (Å²) >= 11 is 1.28. The van der Waals surface area contributed by atoms with Crippen molar-refractivity contribution in [3.8, 4) is 0 Å². The van der Waals surface area contributed by atoms with E-state index in [0.29, 0.717) is 5.56 Å². The zero-order valence-corrected chi connectivity index (χ0v) is 9.47. The van der Waals surface area contributed by atoms with Gasteiger partial charge in [-0.15, -0.1) is 0 Å². The molecule has 1 aromatic carbocycles. The fourth-order valence-electron chi connectivity index (χ4n) is 1.71. The molecule has 1 aliphatic rings. The van der Waals surface area contributed by atoms with Gasteiger partial charge in [0.15, 0.2) is 0 Å². The van der Waals surface area contributed by atoms with Crippen LogP contribution in [0.25, 0.3) is 0 Å². The largest absolute Gasteiger partial charge is 0.308 e. The van der Waals surface area contributed by atoms with E-state index in [0.717, 1.165) is 12.1 Å². The number of carbonyl (C=O) groups is 1. The normalized spacial score (nSPS) is 19.7. The van der Waals surface area contributed by atoms with E-state index in [1.165, 1.54) is 23.9 Å². The summed E-state index contributed by atoms with van der Waals surface area (Å²) in [6.45, 7) is 0.801. The van der Waals surface area contributed by atoms with Crippen molar-refractivity contribution in [3.05, 3.63) is 35.1 Å². The van der Waals surface area contributed by atoms with Crippen LogP contribution in [0, 0.1) is 5.82 Å². The first-order valence-electron chi connectivity index (χ1n) is 4.73. The summed E-state index contributed by atoms with van der Waals surface area (Å²) in [4.78, 5) is 13.6. The summed E-state index contributed by atoms with van der Waals surface area (Å²) in [5, 5.41) is 0.124. The minimum absolute atomic E-state index is 0.0173. The summed E-state index contributed by atoms with van der Waals surface area (Å²) in [6, 6.07) is 4.47. The molecule has 2 rings (SSSR count). The van der Waals surface area contributed by atoms with Crippen molar-refractivity contribution in [2.45, 2.75) is 5.25 Å². The Morgan fingerprint density at radius 1 is 1.47 bits per heavy atom. The summed E-state index contributed by atoms with van der Waals surface area (Å²) in [7, 11) is 3.93. The van der Waals surface area contributed by atoms with Crippen molar-refractivity contribution in [2.24, 2.45) is 0 Å². The average Bonchev–Trinajstić information content (AvgIpc) is 2.42. The van der Waals surface area contributed by atoms with Gasteiger partial charge in [0.05, 0.1) is 5.25 Å². The van der Waals surface area contributed by atoms with Crippen molar-refractivity contribution in [1.29, 1.82) is 0 Å². The molecule has 0 spiro atoms. The molecule has 0 aromatic heterocycles. The van der Waals surface area contributed by atoms with E-state index in [1.807, 2.05) is 19.0 Å². The quantitative estimate of drug-likeness (QED) is 0.770. The number of hydrogen-bond acceptors (Lipinski definition) is 3. The SMILES string of the molecule is CN(C)CC1SC(=O)c2cc(F)ccc21. The van der Waals surface area contributed by atoms with Gasteiger partial charge in [-0.05, 0) is 31.8 Å². The maximum atomic E-state index is 13.0. The van der Waals surface area contributed by atoms with Crippen molar-refractivity contribution in [2.75, 3.05) is 20.6 Å². The lowest BCUT2D eigenvalue weighted by Gasteiger charge is -2.15. The van der Waals surface area contributed by atoms with E-state index < -0.39 is 0 Å². The molecule has 0 aliphatic carbocycles. The average molecular weight is 225 g/mol. The number of rotatable bonds is 2. The van der Waals surface area contributed by atoms with Crippen LogP contribution in [0.4, 0.5) is 4.39 Å². The lowest BCUT2D eigenvalue weighted by atomic mass is 10.1. The molecule has 80 valence electrons. The molecule has 0 saturated heterocycles. The molecule has 0 fully saturated rings. The number of halogens is 1. The summed E-state index contributed by atoms with van der Waals surface area (Å²) in [5.41, 5.74) is 1.49. The van der Waals surface area contributed by atoms with Gasteiger partial charge >= 0.3 is 0 Å². The van der Waals surface area contributed by atoms with Crippen LogP contribution in [0.2, 0.25) is 0 Å². The molecule has 0 saturated carbocycles. The third kappa shape index (κ3) is 2.06. The Hall–Kier alpha value is -0.870. The van der Waals surface area contributed by atoms with Gasteiger partial charge in [-0.2, -0.15) is 0 Å². The lowest BCUT2D eigenvalue weighted by Crippen LogP contribution is -2.17. The molecule has 2 nitrogen and oxygen atoms in total. The summed E-state index contributed by atoms with van der Waals surface area (Å²) in [5.74, 6) is -0.340. The molecule has 1 unspecified atom stereocenters. The highest BCUT2D eigenvalue weighted by atomic mass is 32.2. The van der Waals surface area contributed by atoms with Crippen LogP contribution in [0.15, 0.2) is 18.2 Å². The van der Waals surface area contributed by atoms with E-state index in [1.54, 1.807) is 6.07 Å². The maximum absolute atomic E-state index is 13.0. The first-order valence-corrected chi connectivity index (χ1v) is 5.61. The van der Waals surface area contributed by atoms with Crippen molar-refractivity contribution in [3.63, 3.8) is 0 Å². The Morgan fingerprint density at radius 3 is 2.87 bits per heavy atom. The van der Waals surface area contributed by atoms with Gasteiger partial charge in [0.25, 0.3) is 0 Å². The van der Waals surface area contributed by atoms with Gasteiger partial charge in [0, 0.05) is 12.1 Å². The van der Waals surface area contributed by atoms with E-state index >= 15 is 0 Å². The zero-order chi connectivity index (χ0) is 11.0. The standard InChI is InChI=1S/C11H12FNOS/c1-13(2)6-10-8-4-3-7(12)5-9(8)11(14)15-10/h3-5,10H,6H2,1-2H3. The predicted molar refractivity (Wildman–Crippen MR) is 59.6 cm³/mol. The van der Waals surface area contributed by atoms with Crippen LogP contribution in [0.1, 0.15) is 21.2 Å². The molecule has 1 atom stereocenters. The number of carbonyl (C=O) groups excluding carboxylic acids is 1. The monoisotopic (exact) mass is 225 g/mol. The second kappa shape index (κ2) is 3.94. The van der Waals surface area contributed by atoms with Gasteiger partial charge in [0.1, 0.15) is 5.82 Å². The molecule has 0 N–H and O–H groups in total. The van der Waals surface area contributed by atoms with Crippen LogP contribution < -0.4 is 0 Å². The molecule has 0 radical (unpaired) electrons. The van der Waals surface area contributed by atoms with Crippen molar-refractivity contribution < 1.29 is 9.18 Å². The minimum Gasteiger partial charge on any atom is -0.308 e. The Kier molecular flexibility index (Phi) is 2.80. The Balaban J connectivity index is 2.34. The van der Waals surface area contributed by atoms with Gasteiger partial charge in [0.2, 0.25) is 5.12 Å². The van der Waals surface area contributed by atoms with E-state index in [9.17, 15) is 9.18 Å². The number of hydrogen-bond donors (Lipinski definition) is 0. The highest BCUT2D eigenvalue weighted by Gasteiger charge is 2.30. The predicted octanol–water partition coefficient (Wildman–Crippen LogP) is 2.32. The molecule has 0 amide bonds. The van der Waals surface area contributed by atoms with E-state index in [2.05, 4.69) is 0 Å².